The number of aromatic amines is 1. The van der Waals surface area contributed by atoms with Crippen LogP contribution in [-0.2, 0) is 6.61 Å². The van der Waals surface area contributed by atoms with Gasteiger partial charge < -0.3 is 4.74 Å². The second-order valence-electron chi connectivity index (χ2n) is 3.69. The SMILES string of the molecule is Ic1[nH]nc2nc(OCc3ccccc3)cnc12. The van der Waals surface area contributed by atoms with E-state index in [-0.39, 0.29) is 0 Å². The van der Waals surface area contributed by atoms with Crippen molar-refractivity contribution in [2.75, 3.05) is 0 Å². The lowest BCUT2D eigenvalue weighted by molar-refractivity contribution is 0.293. The molecule has 0 spiro atoms. The van der Waals surface area contributed by atoms with Crippen molar-refractivity contribution in [1.82, 2.24) is 20.2 Å². The Labute approximate surface area is 117 Å². The molecule has 3 rings (SSSR count). The topological polar surface area (TPSA) is 63.7 Å². The van der Waals surface area contributed by atoms with Crippen LogP contribution in [0.2, 0.25) is 0 Å². The maximum absolute atomic E-state index is 5.58. The van der Waals surface area contributed by atoms with Gasteiger partial charge in [-0.15, -0.1) is 0 Å². The van der Waals surface area contributed by atoms with Crippen LogP contribution in [0.25, 0.3) is 11.2 Å². The van der Waals surface area contributed by atoms with Gasteiger partial charge in [0.05, 0.1) is 6.20 Å². The molecule has 0 bridgehead atoms. The summed E-state index contributed by atoms with van der Waals surface area (Å²) < 4.78 is 6.46. The third-order valence-electron chi connectivity index (χ3n) is 2.43. The molecule has 6 heteroatoms. The molecule has 90 valence electrons. The molecule has 0 radical (unpaired) electrons. The normalized spacial score (nSPS) is 10.7. The van der Waals surface area contributed by atoms with Crippen molar-refractivity contribution in [3.8, 4) is 5.88 Å². The zero-order chi connectivity index (χ0) is 12.4. The third-order valence-corrected chi connectivity index (χ3v) is 3.18. The Morgan fingerprint density at radius 2 is 2.06 bits per heavy atom. The van der Waals surface area contributed by atoms with Crippen molar-refractivity contribution in [3.05, 3.63) is 45.8 Å². The molecule has 0 aliphatic rings. The van der Waals surface area contributed by atoms with Crippen LogP contribution >= 0.6 is 22.6 Å². The molecule has 0 aliphatic carbocycles. The first kappa shape index (κ1) is 11.4. The Kier molecular flexibility index (Phi) is 3.09. The van der Waals surface area contributed by atoms with Crippen molar-refractivity contribution < 1.29 is 4.74 Å². The molecule has 0 saturated carbocycles. The first-order valence-corrected chi connectivity index (χ1v) is 6.44. The number of hydrogen-bond donors (Lipinski definition) is 1. The Morgan fingerprint density at radius 3 is 2.89 bits per heavy atom. The summed E-state index contributed by atoms with van der Waals surface area (Å²) in [5.74, 6) is 0.481. The minimum absolute atomic E-state index is 0.475. The summed E-state index contributed by atoms with van der Waals surface area (Å²) in [5.41, 5.74) is 2.43. The van der Waals surface area contributed by atoms with Crippen LogP contribution < -0.4 is 4.74 Å². The fourth-order valence-electron chi connectivity index (χ4n) is 1.55. The summed E-state index contributed by atoms with van der Waals surface area (Å²) in [4.78, 5) is 8.54. The Balaban J connectivity index is 1.79. The molecule has 0 amide bonds. The number of fused-ring (bicyclic) bond motifs is 1. The van der Waals surface area contributed by atoms with E-state index in [2.05, 4.69) is 42.8 Å². The summed E-state index contributed by atoms with van der Waals surface area (Å²) in [6.07, 6.45) is 1.61. The lowest BCUT2D eigenvalue weighted by atomic mass is 10.2. The van der Waals surface area contributed by atoms with Gasteiger partial charge in [0.15, 0.2) is 0 Å². The number of rotatable bonds is 3. The molecular weight excluding hydrogens is 343 g/mol. The molecule has 0 atom stereocenters. The first-order chi connectivity index (χ1) is 8.83. The van der Waals surface area contributed by atoms with Crippen LogP contribution in [0.4, 0.5) is 0 Å². The van der Waals surface area contributed by atoms with Crippen molar-refractivity contribution in [1.29, 1.82) is 0 Å². The van der Waals surface area contributed by atoms with E-state index in [1.165, 1.54) is 0 Å². The van der Waals surface area contributed by atoms with Gasteiger partial charge in [0.1, 0.15) is 15.8 Å². The molecule has 1 N–H and O–H groups in total. The lowest BCUT2D eigenvalue weighted by Crippen LogP contribution is -1.97. The van der Waals surface area contributed by atoms with Gasteiger partial charge in [-0.05, 0) is 28.2 Å². The number of aromatic nitrogens is 4. The summed E-state index contributed by atoms with van der Waals surface area (Å²) in [5, 5.41) is 6.88. The number of nitrogens with one attached hydrogen (secondary N) is 1. The highest BCUT2D eigenvalue weighted by atomic mass is 127. The van der Waals surface area contributed by atoms with Crippen molar-refractivity contribution in [3.63, 3.8) is 0 Å². The van der Waals surface area contributed by atoms with E-state index in [9.17, 15) is 0 Å². The summed E-state index contributed by atoms with van der Waals surface area (Å²) >= 11 is 2.13. The summed E-state index contributed by atoms with van der Waals surface area (Å²) in [7, 11) is 0. The van der Waals surface area contributed by atoms with E-state index in [1.54, 1.807) is 6.20 Å². The number of ether oxygens (including phenoxy) is 1. The lowest BCUT2D eigenvalue weighted by Gasteiger charge is -2.04. The highest BCUT2D eigenvalue weighted by molar-refractivity contribution is 14.1. The molecular formula is C12H9IN4O. The number of H-pyrrole nitrogens is 1. The van der Waals surface area contributed by atoms with E-state index in [0.29, 0.717) is 18.1 Å². The molecule has 2 aromatic heterocycles. The van der Waals surface area contributed by atoms with E-state index in [0.717, 1.165) is 14.8 Å². The first-order valence-electron chi connectivity index (χ1n) is 5.36. The van der Waals surface area contributed by atoms with Gasteiger partial charge in [-0.2, -0.15) is 10.1 Å². The van der Waals surface area contributed by atoms with Gasteiger partial charge >= 0.3 is 0 Å². The average Bonchev–Trinajstić information content (AvgIpc) is 2.79. The number of benzene rings is 1. The smallest absolute Gasteiger partial charge is 0.234 e. The number of hydrogen-bond acceptors (Lipinski definition) is 4. The van der Waals surface area contributed by atoms with Gasteiger partial charge in [0, 0.05) is 0 Å². The molecule has 0 fully saturated rings. The van der Waals surface area contributed by atoms with Crippen molar-refractivity contribution in [2.24, 2.45) is 0 Å². The fourth-order valence-corrected chi connectivity index (χ4v) is 2.05. The van der Waals surface area contributed by atoms with Crippen LogP contribution in [-0.4, -0.2) is 20.2 Å². The highest BCUT2D eigenvalue weighted by Crippen LogP contribution is 2.16. The van der Waals surface area contributed by atoms with Gasteiger partial charge in [-0.3, -0.25) is 5.10 Å². The van der Waals surface area contributed by atoms with Crippen LogP contribution in [0, 0.1) is 3.70 Å². The number of nitrogens with zero attached hydrogens (tertiary/aromatic N) is 3. The van der Waals surface area contributed by atoms with Gasteiger partial charge in [-0.1, -0.05) is 30.3 Å². The molecule has 2 heterocycles. The van der Waals surface area contributed by atoms with E-state index >= 15 is 0 Å². The average molecular weight is 352 g/mol. The fraction of sp³-hybridized carbons (Fsp3) is 0.0833. The van der Waals surface area contributed by atoms with Crippen LogP contribution in [0.1, 0.15) is 5.56 Å². The van der Waals surface area contributed by atoms with Gasteiger partial charge in [-0.25, -0.2) is 4.98 Å². The monoisotopic (exact) mass is 352 g/mol. The van der Waals surface area contributed by atoms with Crippen LogP contribution in [0.15, 0.2) is 36.5 Å². The molecule has 1 aromatic carbocycles. The predicted octanol–water partition coefficient (Wildman–Crippen LogP) is 2.54. The minimum Gasteiger partial charge on any atom is -0.472 e. The standard InChI is InChI=1S/C12H9IN4O/c13-11-10-12(17-16-11)15-9(6-14-10)18-7-8-4-2-1-3-5-8/h1-6H,7H2,(H,15,16,17). The molecule has 0 unspecified atom stereocenters. The molecule has 0 saturated heterocycles. The second-order valence-corrected chi connectivity index (χ2v) is 4.77. The summed E-state index contributed by atoms with van der Waals surface area (Å²) in [6, 6.07) is 9.93. The zero-order valence-corrected chi connectivity index (χ0v) is 11.5. The van der Waals surface area contributed by atoms with Crippen molar-refractivity contribution in [2.45, 2.75) is 6.61 Å². The van der Waals surface area contributed by atoms with Crippen LogP contribution in [0.5, 0.6) is 5.88 Å². The van der Waals surface area contributed by atoms with E-state index in [1.807, 2.05) is 30.3 Å². The van der Waals surface area contributed by atoms with E-state index < -0.39 is 0 Å². The summed E-state index contributed by atoms with van der Waals surface area (Å²) in [6.45, 7) is 0.475. The maximum atomic E-state index is 5.58. The third kappa shape index (κ3) is 2.28. The second kappa shape index (κ2) is 4.89. The quantitative estimate of drug-likeness (QED) is 0.736. The molecule has 5 nitrogen and oxygen atoms in total. The Morgan fingerprint density at radius 1 is 1.22 bits per heavy atom. The van der Waals surface area contributed by atoms with Crippen molar-refractivity contribution >= 4 is 33.8 Å². The van der Waals surface area contributed by atoms with Gasteiger partial charge in [0.2, 0.25) is 11.5 Å². The zero-order valence-electron chi connectivity index (χ0n) is 9.30. The highest BCUT2D eigenvalue weighted by Gasteiger charge is 2.07. The van der Waals surface area contributed by atoms with E-state index in [4.69, 9.17) is 4.74 Å². The molecule has 0 aliphatic heterocycles. The van der Waals surface area contributed by atoms with Gasteiger partial charge in [0.25, 0.3) is 0 Å². The Bertz CT molecular complexity index is 668. The maximum Gasteiger partial charge on any atom is 0.234 e. The molecule has 18 heavy (non-hydrogen) atoms. The Hall–Kier alpha value is -1.70. The molecule has 3 aromatic rings. The van der Waals surface area contributed by atoms with Crippen LogP contribution in [0.3, 0.4) is 0 Å². The predicted molar refractivity (Wildman–Crippen MR) is 75.2 cm³/mol. The largest absolute Gasteiger partial charge is 0.472 e. The minimum atomic E-state index is 0.475. The number of halogens is 1.